The van der Waals surface area contributed by atoms with E-state index in [4.69, 9.17) is 5.10 Å². The van der Waals surface area contributed by atoms with E-state index in [0.29, 0.717) is 0 Å². The van der Waals surface area contributed by atoms with E-state index in [1.807, 2.05) is 12.1 Å². The lowest BCUT2D eigenvalue weighted by atomic mass is 10.00. The minimum absolute atomic E-state index is 0.913. The Morgan fingerprint density at radius 3 is 1.35 bits per heavy atom. The van der Waals surface area contributed by atoms with Gasteiger partial charge in [-0.1, -0.05) is 73.7 Å². The number of nitrogens with zero attached hydrogens (tertiary/aromatic N) is 2. The van der Waals surface area contributed by atoms with Crippen LogP contribution in [0, 0.1) is 0 Å². The average molecular weight is 464 g/mol. The number of benzene rings is 3. The molecule has 2 nitrogen and oxygen atoms in total. The summed E-state index contributed by atoms with van der Waals surface area (Å²) < 4.78 is 41.1. The molecular weight excluding hydrogens is 439 g/mol. The van der Waals surface area contributed by atoms with Crippen molar-refractivity contribution in [3.05, 3.63) is 103 Å². The smallest absolute Gasteiger partial charge is 0.418 e. The van der Waals surface area contributed by atoms with Crippen LogP contribution < -0.4 is 4.68 Å². The first-order valence-corrected chi connectivity index (χ1v) is 10.9. The summed E-state index contributed by atoms with van der Waals surface area (Å²) in [6.07, 6.45) is 0.913. The van der Waals surface area contributed by atoms with Gasteiger partial charge in [0.2, 0.25) is 11.4 Å². The fourth-order valence-electron chi connectivity index (χ4n) is 3.36. The molecule has 3 aromatic carbocycles. The Balaban J connectivity index is 0.000000588. The minimum Gasteiger partial charge on any atom is -0.418 e. The van der Waals surface area contributed by atoms with Gasteiger partial charge in [-0.15, -0.1) is 0 Å². The summed E-state index contributed by atoms with van der Waals surface area (Å²) in [4.78, 5) is 0. The number of hydrogen-bond donors (Lipinski definition) is 0. The lowest BCUT2D eigenvalue weighted by Crippen LogP contribution is -2.35. The molecule has 4 rings (SSSR count). The molecule has 0 bridgehead atoms. The highest BCUT2D eigenvalue weighted by Gasteiger charge is 2.23. The van der Waals surface area contributed by atoms with Crippen LogP contribution >= 0.6 is 0 Å². The first-order valence-electron chi connectivity index (χ1n) is 10.9. The zero-order chi connectivity index (χ0) is 24.6. The van der Waals surface area contributed by atoms with Crippen molar-refractivity contribution in [3.8, 4) is 33.6 Å². The van der Waals surface area contributed by atoms with Crippen LogP contribution in [0.3, 0.4) is 0 Å². The van der Waals surface area contributed by atoms with Crippen LogP contribution in [0.5, 0.6) is 0 Å². The lowest BCUT2D eigenvalue weighted by Gasteiger charge is -2.09. The van der Waals surface area contributed by atoms with Crippen LogP contribution in [0.2, 0.25) is 0 Å². The summed E-state index contributed by atoms with van der Waals surface area (Å²) in [5.74, 6) is 0. The Kier molecular flexibility index (Phi) is 8.36. The molecule has 0 aliphatic heterocycles. The number of pyridine rings is 1. The monoisotopic (exact) mass is 464 g/mol. The van der Waals surface area contributed by atoms with Gasteiger partial charge in [0.25, 0.3) is 0 Å². The molecule has 1 aromatic heterocycles. The molecule has 0 amide bonds. The Bertz CT molecular complexity index is 1160. The van der Waals surface area contributed by atoms with Crippen molar-refractivity contribution in [2.24, 2.45) is 5.10 Å². The third-order valence-electron chi connectivity index (χ3n) is 5.07. The SMILES string of the molecule is CC/C(C)=N/[n+]1c(-c2ccccc2)cc(-c2ccccc2)cc1-c1ccccc1.F[B-](F)(F)F. The van der Waals surface area contributed by atoms with E-state index < -0.39 is 7.25 Å². The van der Waals surface area contributed by atoms with Gasteiger partial charge >= 0.3 is 7.25 Å². The van der Waals surface area contributed by atoms with Crippen molar-refractivity contribution in [2.45, 2.75) is 20.3 Å². The van der Waals surface area contributed by atoms with E-state index in [0.717, 1.165) is 34.6 Å². The summed E-state index contributed by atoms with van der Waals surface area (Å²) in [5, 5.41) is 5.00. The van der Waals surface area contributed by atoms with Gasteiger partial charge in [0.1, 0.15) is 0 Å². The van der Waals surface area contributed by atoms with E-state index in [-0.39, 0.29) is 0 Å². The average Bonchev–Trinajstić information content (AvgIpc) is 2.84. The largest absolute Gasteiger partial charge is 0.673 e. The summed E-state index contributed by atoms with van der Waals surface area (Å²) in [5.41, 5.74) is 7.94. The summed E-state index contributed by atoms with van der Waals surface area (Å²) in [6.45, 7) is 4.23. The predicted molar refractivity (Wildman–Crippen MR) is 132 cm³/mol. The lowest BCUT2D eigenvalue weighted by molar-refractivity contribution is -0.656. The van der Waals surface area contributed by atoms with Gasteiger partial charge < -0.3 is 17.3 Å². The van der Waals surface area contributed by atoms with Gasteiger partial charge in [-0.2, -0.15) is 0 Å². The molecule has 0 atom stereocenters. The van der Waals surface area contributed by atoms with Crippen molar-refractivity contribution in [3.63, 3.8) is 0 Å². The van der Waals surface area contributed by atoms with Crippen molar-refractivity contribution in [1.29, 1.82) is 0 Å². The maximum absolute atomic E-state index is 9.75. The third-order valence-corrected chi connectivity index (χ3v) is 5.07. The summed E-state index contributed by atoms with van der Waals surface area (Å²) >= 11 is 0. The first kappa shape index (κ1) is 24.9. The van der Waals surface area contributed by atoms with Crippen LogP contribution in [0.15, 0.2) is 108 Å². The topological polar surface area (TPSA) is 16.2 Å². The molecule has 0 fully saturated rings. The van der Waals surface area contributed by atoms with E-state index in [1.165, 1.54) is 11.1 Å². The zero-order valence-corrected chi connectivity index (χ0v) is 19.0. The molecule has 0 N–H and O–H groups in total. The molecule has 0 aliphatic carbocycles. The van der Waals surface area contributed by atoms with Gasteiger partial charge in [0.05, 0.1) is 5.71 Å². The van der Waals surface area contributed by atoms with Crippen LogP contribution in [0.4, 0.5) is 17.3 Å². The van der Waals surface area contributed by atoms with E-state index in [9.17, 15) is 17.3 Å². The molecule has 1 heterocycles. The Morgan fingerprint density at radius 2 is 1.00 bits per heavy atom. The van der Waals surface area contributed by atoms with Crippen LogP contribution in [-0.2, 0) is 0 Å². The quantitative estimate of drug-likeness (QED) is 0.124. The molecule has 174 valence electrons. The fraction of sp³-hybridized carbons (Fsp3) is 0.111. The second-order valence-electron chi connectivity index (χ2n) is 7.61. The molecule has 0 saturated carbocycles. The molecule has 0 radical (unpaired) electrons. The standard InChI is InChI=1S/C27H25N2.BF4/c1-3-21(2)28-29-26(23-15-9-5-10-16-23)19-25(22-13-7-4-8-14-22)20-27(29)24-17-11-6-12-18-24;2-1(3,4)5/h4-20H,3H2,1-2H3;/q+1;-1/b28-21+;. The van der Waals surface area contributed by atoms with Crippen molar-refractivity contribution >= 4 is 13.0 Å². The van der Waals surface area contributed by atoms with Crippen LogP contribution in [0.25, 0.3) is 33.6 Å². The van der Waals surface area contributed by atoms with Gasteiger partial charge in [-0.25, -0.2) is 0 Å². The number of rotatable bonds is 5. The van der Waals surface area contributed by atoms with Gasteiger partial charge in [0.15, 0.2) is 0 Å². The molecular formula is C27H25BF4N2. The Morgan fingerprint density at radius 1 is 0.647 bits per heavy atom. The highest BCUT2D eigenvalue weighted by atomic mass is 19.5. The van der Waals surface area contributed by atoms with Crippen LogP contribution in [0.1, 0.15) is 20.3 Å². The normalized spacial score (nSPS) is 11.5. The van der Waals surface area contributed by atoms with Crippen molar-refractivity contribution in [2.75, 3.05) is 0 Å². The van der Waals surface area contributed by atoms with E-state index in [2.05, 4.69) is 110 Å². The number of hydrogen-bond acceptors (Lipinski definition) is 1. The Labute approximate surface area is 197 Å². The molecule has 34 heavy (non-hydrogen) atoms. The van der Waals surface area contributed by atoms with E-state index >= 15 is 0 Å². The fourth-order valence-corrected chi connectivity index (χ4v) is 3.36. The summed E-state index contributed by atoms with van der Waals surface area (Å²) in [6, 6.07) is 36.0. The maximum Gasteiger partial charge on any atom is 0.673 e. The van der Waals surface area contributed by atoms with E-state index in [1.54, 1.807) is 0 Å². The van der Waals surface area contributed by atoms with Crippen molar-refractivity contribution in [1.82, 2.24) is 0 Å². The summed E-state index contributed by atoms with van der Waals surface area (Å²) in [7, 11) is -6.00. The highest BCUT2D eigenvalue weighted by molar-refractivity contribution is 6.50. The molecule has 4 aromatic rings. The molecule has 0 saturated heterocycles. The second kappa shape index (κ2) is 11.4. The van der Waals surface area contributed by atoms with Crippen LogP contribution in [-0.4, -0.2) is 13.0 Å². The predicted octanol–water partition coefficient (Wildman–Crippen LogP) is 7.91. The Hall–Kier alpha value is -3.74. The van der Waals surface area contributed by atoms with Gasteiger partial charge in [-0.3, -0.25) is 0 Å². The molecule has 0 spiro atoms. The molecule has 0 aliphatic rings. The highest BCUT2D eigenvalue weighted by Crippen LogP contribution is 2.29. The molecule has 0 unspecified atom stereocenters. The number of halogens is 4. The maximum atomic E-state index is 9.75. The van der Waals surface area contributed by atoms with Gasteiger partial charge in [0, 0.05) is 23.3 Å². The number of aromatic nitrogens is 1. The third kappa shape index (κ3) is 7.14. The van der Waals surface area contributed by atoms with Crippen molar-refractivity contribution < 1.29 is 21.9 Å². The van der Waals surface area contributed by atoms with Gasteiger partial charge in [-0.05, 0) is 58.5 Å². The first-order chi connectivity index (χ1) is 16.3. The second-order valence-corrected chi connectivity index (χ2v) is 7.61. The minimum atomic E-state index is -6.00. The molecule has 7 heteroatoms. The zero-order valence-electron chi connectivity index (χ0n) is 19.0.